The van der Waals surface area contributed by atoms with Gasteiger partial charge in [-0.3, -0.25) is 9.48 Å². The lowest BCUT2D eigenvalue weighted by atomic mass is 10.3. The van der Waals surface area contributed by atoms with Crippen LogP contribution in [0.15, 0.2) is 18.3 Å². The van der Waals surface area contributed by atoms with E-state index in [1.807, 2.05) is 26.0 Å². The SMILES string of the molecule is CCOCCn1nc(CN(C)C(C)=O)c2nc(Cl)nc(Nc3cc(C)ccn3)c21. The minimum Gasteiger partial charge on any atom is -0.380 e. The van der Waals surface area contributed by atoms with Gasteiger partial charge < -0.3 is 15.0 Å². The molecule has 0 atom stereocenters. The van der Waals surface area contributed by atoms with Crippen LogP contribution in [0, 0.1) is 6.92 Å². The maximum absolute atomic E-state index is 11.7. The summed E-state index contributed by atoms with van der Waals surface area (Å²) in [6.45, 7) is 7.34. The fraction of sp³-hybridized carbons (Fsp3) is 0.421. The Labute approximate surface area is 174 Å². The maximum atomic E-state index is 11.7. The molecule has 0 saturated heterocycles. The van der Waals surface area contributed by atoms with E-state index < -0.39 is 0 Å². The van der Waals surface area contributed by atoms with E-state index in [-0.39, 0.29) is 11.2 Å². The Balaban J connectivity index is 2.09. The molecule has 0 radical (unpaired) electrons. The summed E-state index contributed by atoms with van der Waals surface area (Å²) in [4.78, 5) is 26.4. The average Bonchev–Trinajstić information content (AvgIpc) is 2.99. The van der Waals surface area contributed by atoms with Crippen LogP contribution >= 0.6 is 11.6 Å². The Morgan fingerprint density at radius 2 is 2.17 bits per heavy atom. The molecule has 10 heteroatoms. The van der Waals surface area contributed by atoms with Crippen LogP contribution in [-0.2, 0) is 22.6 Å². The summed E-state index contributed by atoms with van der Waals surface area (Å²) in [5.41, 5.74) is 2.97. The van der Waals surface area contributed by atoms with Crippen molar-refractivity contribution in [2.75, 3.05) is 25.6 Å². The van der Waals surface area contributed by atoms with E-state index in [1.165, 1.54) is 6.92 Å². The molecule has 0 aliphatic heterocycles. The third kappa shape index (κ3) is 4.99. The number of aryl methyl sites for hydroxylation is 1. The van der Waals surface area contributed by atoms with Crippen molar-refractivity contribution in [3.8, 4) is 0 Å². The van der Waals surface area contributed by atoms with Crippen molar-refractivity contribution in [3.63, 3.8) is 0 Å². The summed E-state index contributed by atoms with van der Waals surface area (Å²) in [7, 11) is 1.71. The predicted octanol–water partition coefficient (Wildman–Crippen LogP) is 2.94. The molecule has 0 bridgehead atoms. The average molecular weight is 418 g/mol. The highest BCUT2D eigenvalue weighted by Crippen LogP contribution is 2.28. The van der Waals surface area contributed by atoms with Crippen LogP contribution < -0.4 is 5.32 Å². The van der Waals surface area contributed by atoms with Gasteiger partial charge in [0, 0.05) is 26.8 Å². The van der Waals surface area contributed by atoms with E-state index in [0.717, 1.165) is 5.56 Å². The molecule has 3 heterocycles. The van der Waals surface area contributed by atoms with Gasteiger partial charge in [0.15, 0.2) is 5.82 Å². The second-order valence-corrected chi connectivity index (χ2v) is 6.96. The lowest BCUT2D eigenvalue weighted by Crippen LogP contribution is -2.23. The molecule has 154 valence electrons. The number of amides is 1. The molecule has 3 aromatic heterocycles. The van der Waals surface area contributed by atoms with Crippen LogP contribution in [0.3, 0.4) is 0 Å². The fourth-order valence-corrected chi connectivity index (χ4v) is 3.00. The minimum absolute atomic E-state index is 0.0653. The number of nitrogens with zero attached hydrogens (tertiary/aromatic N) is 6. The summed E-state index contributed by atoms with van der Waals surface area (Å²) >= 11 is 6.20. The van der Waals surface area contributed by atoms with Gasteiger partial charge in [-0.2, -0.15) is 10.1 Å². The van der Waals surface area contributed by atoms with Crippen molar-refractivity contribution in [2.45, 2.75) is 33.9 Å². The number of carbonyl (C=O) groups is 1. The Kier molecular flexibility index (Phi) is 6.60. The lowest BCUT2D eigenvalue weighted by molar-refractivity contribution is -0.128. The Morgan fingerprint density at radius 1 is 1.38 bits per heavy atom. The molecule has 1 amide bonds. The monoisotopic (exact) mass is 417 g/mol. The predicted molar refractivity (Wildman–Crippen MR) is 111 cm³/mol. The Bertz CT molecular complexity index is 1020. The van der Waals surface area contributed by atoms with E-state index in [1.54, 1.807) is 22.8 Å². The zero-order chi connectivity index (χ0) is 21.0. The molecule has 3 aromatic rings. The molecule has 0 unspecified atom stereocenters. The quantitative estimate of drug-likeness (QED) is 0.444. The second-order valence-electron chi connectivity index (χ2n) is 6.62. The number of fused-ring (bicyclic) bond motifs is 1. The molecular weight excluding hydrogens is 394 g/mol. The number of ether oxygens (including phenoxy) is 1. The van der Waals surface area contributed by atoms with Crippen molar-refractivity contribution >= 4 is 40.2 Å². The highest BCUT2D eigenvalue weighted by atomic mass is 35.5. The van der Waals surface area contributed by atoms with Gasteiger partial charge in [-0.05, 0) is 43.1 Å². The first-order valence-electron chi connectivity index (χ1n) is 9.31. The molecule has 0 aliphatic rings. The molecule has 0 aliphatic carbocycles. The Morgan fingerprint density at radius 3 is 2.86 bits per heavy atom. The number of pyridine rings is 1. The number of nitrogens with one attached hydrogen (secondary N) is 1. The van der Waals surface area contributed by atoms with Gasteiger partial charge in [0.1, 0.15) is 22.5 Å². The standard InChI is InChI=1S/C19H24ClN7O2/c1-5-29-9-8-27-17-16(14(25-27)11-26(4)13(3)28)23-19(20)24-18(17)22-15-10-12(2)6-7-21-15/h6-7,10H,5,8-9,11H2,1-4H3,(H,21,22,23,24). The van der Waals surface area contributed by atoms with Crippen molar-refractivity contribution < 1.29 is 9.53 Å². The van der Waals surface area contributed by atoms with Gasteiger partial charge in [-0.25, -0.2) is 9.97 Å². The number of aromatic nitrogens is 5. The van der Waals surface area contributed by atoms with Crippen LogP contribution in [-0.4, -0.2) is 55.8 Å². The number of rotatable bonds is 8. The largest absolute Gasteiger partial charge is 0.380 e. The minimum atomic E-state index is -0.0653. The molecule has 9 nitrogen and oxygen atoms in total. The molecule has 3 rings (SSSR count). The zero-order valence-corrected chi connectivity index (χ0v) is 17.7. The van der Waals surface area contributed by atoms with E-state index in [2.05, 4.69) is 25.4 Å². The molecule has 0 spiro atoms. The van der Waals surface area contributed by atoms with Crippen molar-refractivity contribution in [3.05, 3.63) is 34.9 Å². The first-order valence-corrected chi connectivity index (χ1v) is 9.69. The summed E-state index contributed by atoms with van der Waals surface area (Å²) in [6, 6.07) is 3.82. The number of hydrogen-bond donors (Lipinski definition) is 1. The summed E-state index contributed by atoms with van der Waals surface area (Å²) < 4.78 is 7.27. The van der Waals surface area contributed by atoms with Gasteiger partial charge in [0.25, 0.3) is 0 Å². The smallest absolute Gasteiger partial charge is 0.225 e. The van der Waals surface area contributed by atoms with Crippen LogP contribution in [0.4, 0.5) is 11.6 Å². The first-order chi connectivity index (χ1) is 13.9. The van der Waals surface area contributed by atoms with E-state index in [4.69, 9.17) is 16.3 Å². The van der Waals surface area contributed by atoms with Crippen molar-refractivity contribution in [2.24, 2.45) is 0 Å². The molecule has 29 heavy (non-hydrogen) atoms. The summed E-state index contributed by atoms with van der Waals surface area (Å²) in [5, 5.41) is 7.97. The summed E-state index contributed by atoms with van der Waals surface area (Å²) in [6.07, 6.45) is 1.72. The van der Waals surface area contributed by atoms with E-state index in [0.29, 0.717) is 54.7 Å². The number of halogens is 1. The van der Waals surface area contributed by atoms with E-state index >= 15 is 0 Å². The number of hydrogen-bond acceptors (Lipinski definition) is 7. The molecule has 0 fully saturated rings. The lowest BCUT2D eigenvalue weighted by Gasteiger charge is -2.12. The number of carbonyl (C=O) groups excluding carboxylic acids is 1. The summed E-state index contributed by atoms with van der Waals surface area (Å²) in [5.74, 6) is 1.07. The molecule has 0 aromatic carbocycles. The Hall–Kier alpha value is -2.78. The first kappa shape index (κ1) is 20.9. The van der Waals surface area contributed by atoms with Crippen LogP contribution in [0.5, 0.6) is 0 Å². The molecule has 0 saturated carbocycles. The highest BCUT2D eigenvalue weighted by molar-refractivity contribution is 6.28. The zero-order valence-electron chi connectivity index (χ0n) is 16.9. The van der Waals surface area contributed by atoms with Gasteiger partial charge >= 0.3 is 0 Å². The normalized spacial score (nSPS) is 11.1. The van der Waals surface area contributed by atoms with Crippen LogP contribution in [0.1, 0.15) is 25.1 Å². The topological polar surface area (TPSA) is 98.1 Å². The van der Waals surface area contributed by atoms with Crippen molar-refractivity contribution in [1.29, 1.82) is 0 Å². The molecular formula is C19H24ClN7O2. The number of anilines is 2. The van der Waals surface area contributed by atoms with Gasteiger partial charge in [-0.1, -0.05) is 0 Å². The third-order valence-electron chi connectivity index (χ3n) is 4.37. The van der Waals surface area contributed by atoms with Gasteiger partial charge in [0.05, 0.1) is 19.7 Å². The third-order valence-corrected chi connectivity index (χ3v) is 4.54. The van der Waals surface area contributed by atoms with Gasteiger partial charge in [0.2, 0.25) is 11.2 Å². The van der Waals surface area contributed by atoms with Crippen LogP contribution in [0.25, 0.3) is 11.0 Å². The van der Waals surface area contributed by atoms with Crippen molar-refractivity contribution in [1.82, 2.24) is 29.6 Å². The van der Waals surface area contributed by atoms with Crippen LogP contribution in [0.2, 0.25) is 5.28 Å². The second kappa shape index (κ2) is 9.15. The highest BCUT2D eigenvalue weighted by Gasteiger charge is 2.20. The maximum Gasteiger partial charge on any atom is 0.225 e. The van der Waals surface area contributed by atoms with Gasteiger partial charge in [-0.15, -0.1) is 0 Å². The van der Waals surface area contributed by atoms with E-state index in [9.17, 15) is 4.79 Å². The fourth-order valence-electron chi connectivity index (χ4n) is 2.83. The molecule has 1 N–H and O–H groups in total.